The van der Waals surface area contributed by atoms with Gasteiger partial charge in [-0.05, 0) is 24.3 Å². The summed E-state index contributed by atoms with van der Waals surface area (Å²) in [6.07, 6.45) is 1.55. The van der Waals surface area contributed by atoms with Gasteiger partial charge in [-0.15, -0.1) is 10.2 Å². The van der Waals surface area contributed by atoms with Gasteiger partial charge in [-0.25, -0.2) is 0 Å². The van der Waals surface area contributed by atoms with Crippen LogP contribution in [0.4, 0.5) is 5.69 Å². The number of non-ortho nitro benzene ring substituents is 1. The summed E-state index contributed by atoms with van der Waals surface area (Å²) in [6, 6.07) is 18.7. The SMILES string of the molecule is O=C(CSc1nnc(-c2ccco2)n1-c1ccccc1)c1cccc([N+](=O)[O-])c1. The minimum Gasteiger partial charge on any atom is -0.461 e. The van der Waals surface area contributed by atoms with Crippen molar-refractivity contribution in [3.63, 3.8) is 0 Å². The van der Waals surface area contributed by atoms with E-state index < -0.39 is 4.92 Å². The van der Waals surface area contributed by atoms with E-state index in [4.69, 9.17) is 4.42 Å². The average Bonchev–Trinajstić information content (AvgIpc) is 3.42. The molecule has 0 amide bonds. The molecule has 9 heteroatoms. The van der Waals surface area contributed by atoms with E-state index in [0.717, 1.165) is 5.69 Å². The molecule has 4 rings (SSSR count). The van der Waals surface area contributed by atoms with Gasteiger partial charge in [-0.2, -0.15) is 0 Å². The smallest absolute Gasteiger partial charge is 0.270 e. The number of ketones is 1. The lowest BCUT2D eigenvalue weighted by atomic mass is 10.1. The van der Waals surface area contributed by atoms with Crippen LogP contribution in [0.3, 0.4) is 0 Å². The quantitative estimate of drug-likeness (QED) is 0.194. The van der Waals surface area contributed by atoms with Crippen LogP contribution in [0, 0.1) is 10.1 Å². The molecular weight excluding hydrogens is 392 g/mol. The Morgan fingerprint density at radius 3 is 2.62 bits per heavy atom. The van der Waals surface area contributed by atoms with Crippen LogP contribution in [0.25, 0.3) is 17.3 Å². The zero-order valence-electron chi connectivity index (χ0n) is 15.0. The molecule has 0 fully saturated rings. The van der Waals surface area contributed by atoms with Crippen molar-refractivity contribution >= 4 is 23.2 Å². The van der Waals surface area contributed by atoms with Gasteiger partial charge in [0.1, 0.15) is 0 Å². The summed E-state index contributed by atoms with van der Waals surface area (Å²) >= 11 is 1.21. The second-order valence-electron chi connectivity index (χ2n) is 5.97. The molecule has 0 N–H and O–H groups in total. The maximum atomic E-state index is 12.6. The third-order valence-electron chi connectivity index (χ3n) is 4.10. The molecule has 0 spiro atoms. The second kappa shape index (κ2) is 8.11. The summed E-state index contributed by atoms with van der Waals surface area (Å²) in [5.74, 6) is 0.898. The summed E-state index contributed by atoms with van der Waals surface area (Å²) in [5.41, 5.74) is 0.992. The molecule has 4 aromatic rings. The standard InChI is InChI=1S/C20H14N4O4S/c25-17(14-6-4-9-16(12-14)24(26)27)13-29-20-22-21-19(18-10-5-11-28-18)23(20)15-7-2-1-3-8-15/h1-12H,13H2. The molecule has 0 radical (unpaired) electrons. The van der Waals surface area contributed by atoms with Crippen LogP contribution < -0.4 is 0 Å². The van der Waals surface area contributed by atoms with Crippen molar-refractivity contribution in [1.82, 2.24) is 14.8 Å². The van der Waals surface area contributed by atoms with Crippen molar-refractivity contribution in [2.75, 3.05) is 5.75 Å². The number of furan rings is 1. The van der Waals surface area contributed by atoms with Gasteiger partial charge in [0.15, 0.2) is 16.7 Å². The number of hydrogen-bond acceptors (Lipinski definition) is 7. The van der Waals surface area contributed by atoms with Gasteiger partial charge < -0.3 is 4.42 Å². The molecule has 29 heavy (non-hydrogen) atoms. The molecule has 2 heterocycles. The normalized spacial score (nSPS) is 10.8. The Morgan fingerprint density at radius 2 is 1.90 bits per heavy atom. The fourth-order valence-corrected chi connectivity index (χ4v) is 3.59. The maximum Gasteiger partial charge on any atom is 0.270 e. The molecule has 0 saturated carbocycles. The molecule has 2 aromatic heterocycles. The number of nitrogens with zero attached hydrogens (tertiary/aromatic N) is 4. The van der Waals surface area contributed by atoms with Crippen LogP contribution in [0.5, 0.6) is 0 Å². The summed E-state index contributed by atoms with van der Waals surface area (Å²) < 4.78 is 7.27. The van der Waals surface area contributed by atoms with Crippen molar-refractivity contribution in [2.24, 2.45) is 0 Å². The van der Waals surface area contributed by atoms with Gasteiger partial charge in [-0.3, -0.25) is 19.5 Å². The third kappa shape index (κ3) is 3.94. The number of carbonyl (C=O) groups is 1. The summed E-state index contributed by atoms with van der Waals surface area (Å²) in [6.45, 7) is 0. The van der Waals surface area contributed by atoms with Crippen molar-refractivity contribution < 1.29 is 14.1 Å². The Labute approximate surface area is 169 Å². The lowest BCUT2D eigenvalue weighted by molar-refractivity contribution is -0.384. The molecule has 0 aliphatic heterocycles. The minimum absolute atomic E-state index is 0.0598. The number of aromatic nitrogens is 3. The summed E-state index contributed by atoms with van der Waals surface area (Å²) in [5, 5.41) is 19.9. The zero-order valence-corrected chi connectivity index (χ0v) is 15.8. The molecule has 0 bridgehead atoms. The van der Waals surface area contributed by atoms with Crippen LogP contribution >= 0.6 is 11.8 Å². The summed E-state index contributed by atoms with van der Waals surface area (Å²) in [4.78, 5) is 23.0. The number of thioether (sulfide) groups is 1. The highest BCUT2D eigenvalue weighted by atomic mass is 32.2. The van der Waals surface area contributed by atoms with Crippen LogP contribution in [0.2, 0.25) is 0 Å². The first kappa shape index (κ1) is 18.6. The second-order valence-corrected chi connectivity index (χ2v) is 6.92. The predicted octanol–water partition coefficient (Wildman–Crippen LogP) is 4.41. The highest BCUT2D eigenvalue weighted by Crippen LogP contribution is 2.28. The maximum absolute atomic E-state index is 12.6. The number of benzene rings is 2. The number of carbonyl (C=O) groups excluding carboxylic acids is 1. The van der Waals surface area contributed by atoms with Gasteiger partial charge in [0.25, 0.3) is 5.69 Å². The molecule has 8 nitrogen and oxygen atoms in total. The van der Waals surface area contributed by atoms with E-state index in [1.165, 1.54) is 30.0 Å². The first-order valence-electron chi connectivity index (χ1n) is 8.58. The van der Waals surface area contributed by atoms with Crippen LogP contribution in [-0.4, -0.2) is 31.2 Å². The van der Waals surface area contributed by atoms with E-state index in [1.807, 2.05) is 34.9 Å². The van der Waals surface area contributed by atoms with E-state index in [1.54, 1.807) is 24.5 Å². The molecule has 2 aromatic carbocycles. The number of hydrogen-bond donors (Lipinski definition) is 0. The molecule has 0 aliphatic carbocycles. The Balaban J connectivity index is 1.62. The number of nitro groups is 1. The van der Waals surface area contributed by atoms with Crippen LogP contribution in [0.15, 0.2) is 82.6 Å². The van der Waals surface area contributed by atoms with Gasteiger partial charge >= 0.3 is 0 Å². The van der Waals surface area contributed by atoms with Crippen LogP contribution in [-0.2, 0) is 0 Å². The van der Waals surface area contributed by atoms with Crippen LogP contribution in [0.1, 0.15) is 10.4 Å². The lowest BCUT2D eigenvalue weighted by Gasteiger charge is -2.08. The number of para-hydroxylation sites is 1. The fraction of sp³-hybridized carbons (Fsp3) is 0.0500. The molecule has 144 valence electrons. The van der Waals surface area contributed by atoms with Gasteiger partial charge in [0.2, 0.25) is 5.82 Å². The number of nitro benzene ring substituents is 1. The molecule has 0 saturated heterocycles. The largest absolute Gasteiger partial charge is 0.461 e. The minimum atomic E-state index is -0.522. The number of Topliss-reactive ketones (excluding diaryl/α,β-unsaturated/α-hetero) is 1. The first-order chi connectivity index (χ1) is 14.1. The van der Waals surface area contributed by atoms with E-state index >= 15 is 0 Å². The molecule has 0 unspecified atom stereocenters. The van der Waals surface area contributed by atoms with E-state index in [2.05, 4.69) is 10.2 Å². The Bertz CT molecular complexity index is 1160. The molecular formula is C20H14N4O4S. The van der Waals surface area contributed by atoms with Gasteiger partial charge in [-0.1, -0.05) is 42.1 Å². The Kier molecular flexibility index (Phi) is 5.21. The third-order valence-corrected chi connectivity index (χ3v) is 5.03. The predicted molar refractivity (Wildman–Crippen MR) is 107 cm³/mol. The molecule has 0 aliphatic rings. The topological polar surface area (TPSA) is 104 Å². The van der Waals surface area contributed by atoms with E-state index in [-0.39, 0.29) is 22.8 Å². The van der Waals surface area contributed by atoms with Crippen molar-refractivity contribution in [3.05, 3.63) is 88.7 Å². The fourth-order valence-electron chi connectivity index (χ4n) is 2.74. The Morgan fingerprint density at radius 1 is 1.07 bits per heavy atom. The van der Waals surface area contributed by atoms with Crippen molar-refractivity contribution in [2.45, 2.75) is 5.16 Å². The van der Waals surface area contributed by atoms with Crippen molar-refractivity contribution in [3.8, 4) is 17.3 Å². The molecule has 0 atom stereocenters. The highest BCUT2D eigenvalue weighted by Gasteiger charge is 2.19. The lowest BCUT2D eigenvalue weighted by Crippen LogP contribution is -2.05. The van der Waals surface area contributed by atoms with E-state index in [0.29, 0.717) is 16.7 Å². The number of rotatable bonds is 7. The highest BCUT2D eigenvalue weighted by molar-refractivity contribution is 7.99. The van der Waals surface area contributed by atoms with Crippen molar-refractivity contribution in [1.29, 1.82) is 0 Å². The van der Waals surface area contributed by atoms with Gasteiger partial charge in [0, 0.05) is 23.4 Å². The Hall–Kier alpha value is -3.72. The average molecular weight is 406 g/mol. The summed E-state index contributed by atoms with van der Waals surface area (Å²) in [7, 11) is 0. The zero-order chi connectivity index (χ0) is 20.2. The monoisotopic (exact) mass is 406 g/mol. The van der Waals surface area contributed by atoms with E-state index in [9.17, 15) is 14.9 Å². The van der Waals surface area contributed by atoms with Gasteiger partial charge in [0.05, 0.1) is 16.9 Å². The first-order valence-corrected chi connectivity index (χ1v) is 9.57.